The fraction of sp³-hybridized carbons (Fsp3) is 0.615. The van der Waals surface area contributed by atoms with E-state index in [0.717, 1.165) is 6.08 Å². The number of halogens is 2. The smallest absolute Gasteiger partial charge is 0.339 e. The number of rotatable bonds is 3. The molecule has 2 N–H and O–H groups in total. The molecule has 3 saturated carbocycles. The van der Waals surface area contributed by atoms with Gasteiger partial charge in [-0.3, -0.25) is 9.63 Å². The van der Waals surface area contributed by atoms with Crippen LogP contribution in [0.4, 0.5) is 8.78 Å². The zero-order valence-electron chi connectivity index (χ0n) is 19.6. The minimum atomic E-state index is -2.24. The van der Waals surface area contributed by atoms with Crippen LogP contribution in [0, 0.1) is 28.6 Å². The van der Waals surface area contributed by atoms with Crippen LogP contribution in [-0.2, 0) is 21.0 Å². The van der Waals surface area contributed by atoms with E-state index >= 15 is 8.78 Å². The molecule has 0 amide bonds. The summed E-state index contributed by atoms with van der Waals surface area (Å²) in [5.41, 5.74) is -6.49. The molecule has 0 unspecified atom stereocenters. The van der Waals surface area contributed by atoms with Crippen molar-refractivity contribution in [2.75, 3.05) is 6.54 Å². The van der Waals surface area contributed by atoms with Gasteiger partial charge in [-0.1, -0.05) is 13.0 Å². The highest BCUT2D eigenvalue weighted by Gasteiger charge is 2.80. The number of carbonyl (C=O) groups is 2. The summed E-state index contributed by atoms with van der Waals surface area (Å²) in [6, 6.07) is 3.51. The van der Waals surface area contributed by atoms with Crippen molar-refractivity contribution in [3.05, 3.63) is 48.0 Å². The summed E-state index contributed by atoms with van der Waals surface area (Å²) in [7, 11) is 0. The van der Waals surface area contributed by atoms with Crippen LogP contribution in [0.5, 0.6) is 0 Å². The Morgan fingerprint density at radius 2 is 2.06 bits per heavy atom. The van der Waals surface area contributed by atoms with Crippen molar-refractivity contribution in [1.29, 1.82) is 0 Å². The number of carbonyl (C=O) groups excluding carboxylic acids is 1. The molecule has 1 aromatic heterocycles. The molecule has 5 aliphatic rings. The average Bonchev–Trinajstić information content (AvgIpc) is 3.48. The van der Waals surface area contributed by atoms with E-state index in [1.807, 2.05) is 0 Å². The number of hydroxylamine groups is 2. The minimum Gasteiger partial charge on any atom is -0.479 e. The molecular weight excluding hydrogens is 460 g/mol. The summed E-state index contributed by atoms with van der Waals surface area (Å²) >= 11 is 0. The fourth-order valence-electron chi connectivity index (χ4n) is 8.35. The summed E-state index contributed by atoms with van der Waals surface area (Å²) in [6.45, 7) is 3.84. The molecule has 0 aromatic carbocycles. The second-order valence-corrected chi connectivity index (χ2v) is 11.3. The third-order valence-electron chi connectivity index (χ3n) is 9.91. The Morgan fingerprint density at radius 3 is 2.74 bits per heavy atom. The first kappa shape index (κ1) is 23.1. The molecule has 0 bridgehead atoms. The van der Waals surface area contributed by atoms with Crippen molar-refractivity contribution in [2.45, 2.75) is 63.2 Å². The lowest BCUT2D eigenvalue weighted by molar-refractivity contribution is -0.276. The van der Waals surface area contributed by atoms with Crippen molar-refractivity contribution < 1.29 is 37.8 Å². The standard InChI is InChI=1S/C26H29F2NO6/c1-23-6-5-15(30)9-19(23)20(27)10-18-17-8-14-12-29(13-16-4-3-7-34-16)35-26(14,22(32)33)24(17,2)11-21(31)25(18,23)28/h3-7,9,14,17-18,20-21,31H,8,10-13H2,1-2H3,(H,32,33)/t14-,17-,18-,20-,21-,23-,24-,25-,26-/m0/s1. The van der Waals surface area contributed by atoms with E-state index in [2.05, 4.69) is 0 Å². The second kappa shape index (κ2) is 7.11. The van der Waals surface area contributed by atoms with Crippen molar-refractivity contribution in [2.24, 2.45) is 28.6 Å². The number of fused-ring (bicyclic) bond motifs is 7. The van der Waals surface area contributed by atoms with Crippen LogP contribution < -0.4 is 0 Å². The zero-order valence-corrected chi connectivity index (χ0v) is 19.6. The van der Waals surface area contributed by atoms with E-state index in [4.69, 9.17) is 9.25 Å². The Morgan fingerprint density at radius 1 is 1.29 bits per heavy atom. The van der Waals surface area contributed by atoms with Crippen LogP contribution in [0.2, 0.25) is 0 Å². The molecular formula is C26H29F2NO6. The first-order valence-corrected chi connectivity index (χ1v) is 12.1. The van der Waals surface area contributed by atoms with Crippen molar-refractivity contribution in [1.82, 2.24) is 5.06 Å². The van der Waals surface area contributed by atoms with E-state index in [1.54, 1.807) is 24.1 Å². The fourth-order valence-corrected chi connectivity index (χ4v) is 8.35. The second-order valence-electron chi connectivity index (χ2n) is 11.3. The first-order valence-electron chi connectivity index (χ1n) is 12.1. The lowest BCUT2D eigenvalue weighted by Gasteiger charge is -2.62. The molecule has 1 aliphatic heterocycles. The Labute approximate surface area is 201 Å². The van der Waals surface area contributed by atoms with E-state index in [0.29, 0.717) is 18.7 Å². The highest BCUT2D eigenvalue weighted by atomic mass is 19.1. The summed E-state index contributed by atoms with van der Waals surface area (Å²) < 4.78 is 38.2. The lowest BCUT2D eigenvalue weighted by Crippen LogP contribution is -2.70. The Hall–Kier alpha value is -2.36. The van der Waals surface area contributed by atoms with Gasteiger partial charge in [-0.25, -0.2) is 13.6 Å². The molecule has 6 rings (SSSR count). The third-order valence-corrected chi connectivity index (χ3v) is 9.91. The summed E-state index contributed by atoms with van der Waals surface area (Å²) in [6.07, 6.45) is 2.16. The van der Waals surface area contributed by atoms with Gasteiger partial charge in [-0.2, -0.15) is 5.06 Å². The third kappa shape index (κ3) is 2.64. The number of hydrogen-bond acceptors (Lipinski definition) is 6. The molecule has 7 nitrogen and oxygen atoms in total. The largest absolute Gasteiger partial charge is 0.479 e. The molecule has 188 valence electrons. The quantitative estimate of drug-likeness (QED) is 0.671. The van der Waals surface area contributed by atoms with E-state index in [-0.39, 0.29) is 25.0 Å². The van der Waals surface area contributed by atoms with Gasteiger partial charge in [0.1, 0.15) is 11.9 Å². The van der Waals surface area contributed by atoms with Gasteiger partial charge in [0.05, 0.1) is 18.9 Å². The van der Waals surface area contributed by atoms with Crippen LogP contribution in [-0.4, -0.2) is 57.1 Å². The number of furan rings is 1. The predicted octanol–water partition coefficient (Wildman–Crippen LogP) is 3.40. The average molecular weight is 490 g/mol. The van der Waals surface area contributed by atoms with Crippen LogP contribution in [0.15, 0.2) is 46.6 Å². The van der Waals surface area contributed by atoms with Crippen molar-refractivity contribution >= 4 is 11.8 Å². The number of alkyl halides is 2. The van der Waals surface area contributed by atoms with Gasteiger partial charge in [0.15, 0.2) is 17.1 Å². The molecule has 4 fully saturated rings. The van der Waals surface area contributed by atoms with Gasteiger partial charge in [0.2, 0.25) is 0 Å². The molecule has 4 aliphatic carbocycles. The van der Waals surface area contributed by atoms with Crippen LogP contribution >= 0.6 is 0 Å². The van der Waals surface area contributed by atoms with Crippen LogP contribution in [0.3, 0.4) is 0 Å². The van der Waals surface area contributed by atoms with Gasteiger partial charge >= 0.3 is 5.97 Å². The van der Waals surface area contributed by atoms with Gasteiger partial charge in [-0.05, 0) is 62.0 Å². The normalized spacial score (nSPS) is 48.7. The van der Waals surface area contributed by atoms with Gasteiger partial charge < -0.3 is 14.6 Å². The van der Waals surface area contributed by atoms with E-state index < -0.39 is 63.9 Å². The number of ketones is 1. The Kier molecular flexibility index (Phi) is 4.68. The molecule has 9 heteroatoms. The van der Waals surface area contributed by atoms with Gasteiger partial charge in [0, 0.05) is 29.2 Å². The molecule has 9 atom stereocenters. The molecule has 0 radical (unpaired) electrons. The Balaban J connectivity index is 1.41. The number of carboxylic acids is 1. The molecule has 35 heavy (non-hydrogen) atoms. The molecule has 2 heterocycles. The monoisotopic (exact) mass is 489 g/mol. The number of aliphatic hydroxyl groups excluding tert-OH is 1. The summed E-state index contributed by atoms with van der Waals surface area (Å²) in [5.74, 6) is -2.86. The number of nitrogens with zero attached hydrogens (tertiary/aromatic N) is 1. The minimum absolute atomic E-state index is 0.0541. The topological polar surface area (TPSA) is 100 Å². The number of hydrogen-bond donors (Lipinski definition) is 2. The predicted molar refractivity (Wildman–Crippen MR) is 118 cm³/mol. The van der Waals surface area contributed by atoms with E-state index in [1.165, 1.54) is 25.3 Å². The van der Waals surface area contributed by atoms with Gasteiger partial charge in [0.25, 0.3) is 0 Å². The number of allylic oxidation sites excluding steroid dienone is 4. The lowest BCUT2D eigenvalue weighted by atomic mass is 9.44. The number of aliphatic hydroxyl groups is 1. The maximum absolute atomic E-state index is 17.2. The maximum atomic E-state index is 17.2. The summed E-state index contributed by atoms with van der Waals surface area (Å²) in [5, 5.41) is 23.5. The van der Waals surface area contributed by atoms with Gasteiger partial charge in [-0.15, -0.1) is 0 Å². The molecule has 0 spiro atoms. The van der Waals surface area contributed by atoms with Crippen LogP contribution in [0.25, 0.3) is 0 Å². The van der Waals surface area contributed by atoms with Crippen LogP contribution in [0.1, 0.15) is 38.9 Å². The molecule has 1 saturated heterocycles. The van der Waals surface area contributed by atoms with Crippen molar-refractivity contribution in [3.63, 3.8) is 0 Å². The van der Waals surface area contributed by atoms with E-state index in [9.17, 15) is 19.8 Å². The van der Waals surface area contributed by atoms with Crippen molar-refractivity contribution in [3.8, 4) is 0 Å². The zero-order chi connectivity index (χ0) is 25.0. The summed E-state index contributed by atoms with van der Waals surface area (Å²) in [4.78, 5) is 31.0. The first-order chi connectivity index (χ1) is 16.5. The number of carboxylic acid groups (broad SMARTS) is 1. The highest BCUT2D eigenvalue weighted by molar-refractivity contribution is 6.01. The molecule has 1 aromatic rings. The highest BCUT2D eigenvalue weighted by Crippen LogP contribution is 2.72. The number of aliphatic carboxylic acids is 1. The SMILES string of the molecule is C[C@]12C=CC(=O)C=C1[C@@H](F)C[C@H]1[C@@H]3C[C@H]4CN(Cc5ccco5)O[C@@]4(C(=O)O)[C@@]3(C)C[C@H](O)[C@@]12F. The Bertz CT molecular complexity index is 1150. The maximum Gasteiger partial charge on any atom is 0.339 e.